The van der Waals surface area contributed by atoms with Gasteiger partial charge in [-0.1, -0.05) is 48.5 Å². The normalized spacial score (nSPS) is 10.3. The van der Waals surface area contributed by atoms with Gasteiger partial charge >= 0.3 is 0 Å². The molecule has 0 saturated carbocycles. The van der Waals surface area contributed by atoms with Crippen molar-refractivity contribution in [1.29, 1.82) is 0 Å². The summed E-state index contributed by atoms with van der Waals surface area (Å²) in [6.45, 7) is 1.63. The molecule has 4 heteroatoms. The molecule has 0 radical (unpaired) electrons. The second-order valence-electron chi connectivity index (χ2n) is 5.69. The zero-order valence-electron chi connectivity index (χ0n) is 13.6. The number of aryl methyl sites for hydroxylation is 1. The maximum absolute atomic E-state index is 13.6. The minimum atomic E-state index is -0.430. The Bertz CT molecular complexity index is 936. The summed E-state index contributed by atoms with van der Waals surface area (Å²) >= 11 is 0. The number of hydrogen-bond acceptors (Lipinski definition) is 2. The van der Waals surface area contributed by atoms with Crippen LogP contribution < -0.4 is 5.32 Å². The van der Waals surface area contributed by atoms with E-state index in [-0.39, 0.29) is 11.3 Å². The molecule has 0 aliphatic carbocycles. The van der Waals surface area contributed by atoms with Crippen molar-refractivity contribution in [3.63, 3.8) is 0 Å². The lowest BCUT2D eigenvalue weighted by molar-refractivity contribution is 0.102. The maximum Gasteiger partial charge on any atom is 0.255 e. The fourth-order valence-electron chi connectivity index (χ4n) is 2.43. The van der Waals surface area contributed by atoms with Gasteiger partial charge in [-0.15, -0.1) is 0 Å². The smallest absolute Gasteiger partial charge is 0.255 e. The van der Waals surface area contributed by atoms with Crippen molar-refractivity contribution in [3.8, 4) is 0 Å². The molecule has 0 unspecified atom stereocenters. The van der Waals surface area contributed by atoms with Gasteiger partial charge < -0.3 is 5.32 Å². The topological polar surface area (TPSA) is 46.2 Å². The monoisotopic (exact) mass is 333 g/mol. The predicted octanol–water partition coefficient (Wildman–Crippen LogP) is 4.62. The van der Waals surface area contributed by atoms with Gasteiger partial charge in [0.05, 0.1) is 0 Å². The van der Waals surface area contributed by atoms with Gasteiger partial charge in [-0.2, -0.15) is 0 Å². The molecule has 0 heterocycles. The Morgan fingerprint density at radius 3 is 2.24 bits per heavy atom. The van der Waals surface area contributed by atoms with E-state index >= 15 is 0 Å². The van der Waals surface area contributed by atoms with E-state index in [1.165, 1.54) is 6.07 Å². The van der Waals surface area contributed by atoms with Crippen LogP contribution >= 0.6 is 0 Å². The number of rotatable bonds is 4. The molecular weight excluding hydrogens is 317 g/mol. The van der Waals surface area contributed by atoms with Gasteiger partial charge in [-0.3, -0.25) is 9.59 Å². The van der Waals surface area contributed by atoms with Crippen LogP contribution in [0.1, 0.15) is 31.8 Å². The molecule has 124 valence electrons. The van der Waals surface area contributed by atoms with E-state index in [0.29, 0.717) is 22.4 Å². The van der Waals surface area contributed by atoms with Crippen molar-refractivity contribution in [3.05, 3.63) is 101 Å². The Morgan fingerprint density at radius 1 is 0.800 bits per heavy atom. The summed E-state index contributed by atoms with van der Waals surface area (Å²) in [4.78, 5) is 24.7. The Balaban J connectivity index is 1.81. The van der Waals surface area contributed by atoms with Gasteiger partial charge in [0.2, 0.25) is 0 Å². The van der Waals surface area contributed by atoms with Crippen LogP contribution in [-0.4, -0.2) is 11.7 Å². The predicted molar refractivity (Wildman–Crippen MR) is 95.4 cm³/mol. The number of carbonyl (C=O) groups is 2. The largest absolute Gasteiger partial charge is 0.322 e. The summed E-state index contributed by atoms with van der Waals surface area (Å²) < 4.78 is 13.6. The van der Waals surface area contributed by atoms with Crippen LogP contribution in [0.5, 0.6) is 0 Å². The molecule has 0 aromatic heterocycles. The van der Waals surface area contributed by atoms with E-state index in [1.807, 2.05) is 6.07 Å². The molecule has 3 rings (SSSR count). The Morgan fingerprint density at radius 2 is 1.52 bits per heavy atom. The quantitative estimate of drug-likeness (QED) is 0.708. The van der Waals surface area contributed by atoms with Gasteiger partial charge in [-0.05, 0) is 36.8 Å². The lowest BCUT2D eigenvalue weighted by Crippen LogP contribution is -2.13. The van der Waals surface area contributed by atoms with Gasteiger partial charge in [0.1, 0.15) is 5.82 Å². The van der Waals surface area contributed by atoms with Crippen LogP contribution in [0.4, 0.5) is 10.1 Å². The average molecular weight is 333 g/mol. The summed E-state index contributed by atoms with van der Waals surface area (Å²) in [6.07, 6.45) is 0. The molecule has 0 fully saturated rings. The van der Waals surface area contributed by atoms with Crippen LogP contribution in [-0.2, 0) is 0 Å². The van der Waals surface area contributed by atoms with E-state index in [1.54, 1.807) is 67.6 Å². The maximum atomic E-state index is 13.6. The lowest BCUT2D eigenvalue weighted by atomic mass is 10.0. The van der Waals surface area contributed by atoms with Gasteiger partial charge in [0.15, 0.2) is 5.78 Å². The summed E-state index contributed by atoms with van der Waals surface area (Å²) in [6, 6.07) is 19.9. The SMILES string of the molecule is Cc1ccc(C(=O)Nc2cccc(C(=O)c3ccccc3)c2)cc1F. The van der Waals surface area contributed by atoms with E-state index < -0.39 is 11.7 Å². The van der Waals surface area contributed by atoms with E-state index in [0.717, 1.165) is 0 Å². The van der Waals surface area contributed by atoms with Gasteiger partial charge in [-0.25, -0.2) is 4.39 Å². The molecule has 0 atom stereocenters. The first kappa shape index (κ1) is 16.6. The van der Waals surface area contributed by atoms with E-state index in [4.69, 9.17) is 0 Å². The second kappa shape index (κ2) is 7.09. The number of ketones is 1. The third kappa shape index (κ3) is 3.80. The fourth-order valence-corrected chi connectivity index (χ4v) is 2.43. The second-order valence-corrected chi connectivity index (χ2v) is 5.69. The highest BCUT2D eigenvalue weighted by Crippen LogP contribution is 2.17. The fraction of sp³-hybridized carbons (Fsp3) is 0.0476. The first-order valence-corrected chi connectivity index (χ1v) is 7.82. The molecule has 1 N–H and O–H groups in total. The molecule has 1 amide bonds. The van der Waals surface area contributed by atoms with E-state index in [9.17, 15) is 14.0 Å². The third-order valence-corrected chi connectivity index (χ3v) is 3.85. The molecule has 3 aromatic carbocycles. The Hall–Kier alpha value is -3.27. The highest BCUT2D eigenvalue weighted by atomic mass is 19.1. The first-order chi connectivity index (χ1) is 12.0. The number of carbonyl (C=O) groups excluding carboxylic acids is 2. The number of benzene rings is 3. The van der Waals surface area contributed by atoms with Crippen molar-refractivity contribution in [2.24, 2.45) is 0 Å². The zero-order valence-corrected chi connectivity index (χ0v) is 13.6. The molecule has 0 bridgehead atoms. The highest BCUT2D eigenvalue weighted by Gasteiger charge is 2.12. The minimum Gasteiger partial charge on any atom is -0.322 e. The number of nitrogens with one attached hydrogen (secondary N) is 1. The van der Waals surface area contributed by atoms with Gasteiger partial charge in [0, 0.05) is 22.4 Å². The number of amides is 1. The van der Waals surface area contributed by atoms with Crippen molar-refractivity contribution in [1.82, 2.24) is 0 Å². The summed E-state index contributed by atoms with van der Waals surface area (Å²) in [5, 5.41) is 2.69. The molecule has 0 saturated heterocycles. The van der Waals surface area contributed by atoms with Crippen molar-refractivity contribution >= 4 is 17.4 Å². The summed E-state index contributed by atoms with van der Waals surface area (Å²) in [5.41, 5.74) is 2.23. The average Bonchev–Trinajstić information content (AvgIpc) is 2.64. The van der Waals surface area contributed by atoms with Crippen LogP contribution in [0.3, 0.4) is 0 Å². The van der Waals surface area contributed by atoms with Crippen LogP contribution in [0.15, 0.2) is 72.8 Å². The van der Waals surface area contributed by atoms with Crippen molar-refractivity contribution < 1.29 is 14.0 Å². The lowest BCUT2D eigenvalue weighted by Gasteiger charge is -2.08. The van der Waals surface area contributed by atoms with Crippen molar-refractivity contribution in [2.75, 3.05) is 5.32 Å². The molecule has 25 heavy (non-hydrogen) atoms. The minimum absolute atomic E-state index is 0.127. The van der Waals surface area contributed by atoms with Gasteiger partial charge in [0.25, 0.3) is 5.91 Å². The third-order valence-electron chi connectivity index (χ3n) is 3.85. The van der Waals surface area contributed by atoms with Crippen LogP contribution in [0, 0.1) is 12.7 Å². The molecule has 3 aromatic rings. The highest BCUT2D eigenvalue weighted by molar-refractivity contribution is 6.10. The molecule has 3 nitrogen and oxygen atoms in total. The van der Waals surface area contributed by atoms with Crippen molar-refractivity contribution in [2.45, 2.75) is 6.92 Å². The zero-order chi connectivity index (χ0) is 17.8. The Kier molecular flexibility index (Phi) is 4.70. The molecule has 0 spiro atoms. The molecular formula is C21H16FNO2. The number of hydrogen-bond donors (Lipinski definition) is 1. The van der Waals surface area contributed by atoms with Crippen LogP contribution in [0.25, 0.3) is 0 Å². The summed E-state index contributed by atoms with van der Waals surface area (Å²) in [5.74, 6) is -0.984. The van der Waals surface area contributed by atoms with E-state index in [2.05, 4.69) is 5.32 Å². The number of halogens is 1. The Labute approximate surface area is 145 Å². The van der Waals surface area contributed by atoms with Crippen LogP contribution in [0.2, 0.25) is 0 Å². The number of anilines is 1. The first-order valence-electron chi connectivity index (χ1n) is 7.82. The molecule has 0 aliphatic heterocycles. The standard InChI is InChI=1S/C21H16FNO2/c1-14-10-11-17(13-19(14)22)21(25)23-18-9-5-8-16(12-18)20(24)15-6-3-2-4-7-15/h2-13H,1H3,(H,23,25). The summed E-state index contributed by atoms with van der Waals surface area (Å²) in [7, 11) is 0. The molecule has 0 aliphatic rings.